The molecule has 0 unspecified atom stereocenters. The summed E-state index contributed by atoms with van der Waals surface area (Å²) >= 11 is 7.06. The van der Waals surface area contributed by atoms with E-state index in [4.69, 9.17) is 16.6 Å². The summed E-state index contributed by atoms with van der Waals surface area (Å²) in [7, 11) is 1.88. The molecule has 0 bridgehead atoms. The molecule has 39 heavy (non-hydrogen) atoms. The van der Waals surface area contributed by atoms with Crippen molar-refractivity contribution in [2.75, 3.05) is 0 Å². The average Bonchev–Trinajstić information content (AvgIpc) is 3.28. The van der Waals surface area contributed by atoms with Gasteiger partial charge in [-0.2, -0.15) is 0 Å². The molecule has 2 aromatic heterocycles. The number of allylic oxidation sites excluding steroid dienone is 3. The lowest BCUT2D eigenvalue weighted by molar-refractivity contribution is 0.112. The fourth-order valence-electron chi connectivity index (χ4n) is 5.21. The maximum absolute atomic E-state index is 11.4. The summed E-state index contributed by atoms with van der Waals surface area (Å²) in [6, 6.07) is 16.1. The molecule has 0 atom stereocenters. The van der Waals surface area contributed by atoms with Crippen LogP contribution in [-0.2, 0) is 7.05 Å². The van der Waals surface area contributed by atoms with Gasteiger partial charge in [-0.1, -0.05) is 67.2 Å². The molecule has 4 aromatic rings. The van der Waals surface area contributed by atoms with Crippen LogP contribution in [0.5, 0.6) is 0 Å². The molecular weight excluding hydrogens is 504 g/mol. The Morgan fingerprint density at radius 2 is 1.74 bits per heavy atom. The van der Waals surface area contributed by atoms with Gasteiger partial charge in [0.25, 0.3) is 0 Å². The van der Waals surface area contributed by atoms with Crippen LogP contribution in [0.4, 0.5) is 0 Å². The van der Waals surface area contributed by atoms with E-state index in [9.17, 15) is 4.79 Å². The van der Waals surface area contributed by atoms with Crippen molar-refractivity contribution in [2.24, 2.45) is 12.0 Å². The smallest absolute Gasteiger partial charge is 0.152 e. The molecule has 190 valence electrons. The Balaban J connectivity index is 1.42. The first kappa shape index (κ1) is 24.6. The number of aldehydes is 1. The molecule has 6 heteroatoms. The van der Waals surface area contributed by atoms with E-state index in [-0.39, 0.29) is 0 Å². The molecule has 5 nitrogen and oxygen atoms in total. The summed E-state index contributed by atoms with van der Waals surface area (Å²) in [5, 5.41) is 1.45. The van der Waals surface area contributed by atoms with Crippen molar-refractivity contribution >= 4 is 40.3 Å². The van der Waals surface area contributed by atoms with Crippen molar-refractivity contribution in [3.63, 3.8) is 0 Å². The van der Waals surface area contributed by atoms with Crippen molar-refractivity contribution in [1.29, 1.82) is 0 Å². The van der Waals surface area contributed by atoms with Crippen molar-refractivity contribution in [2.45, 2.75) is 6.92 Å². The van der Waals surface area contributed by atoms with Crippen molar-refractivity contribution in [1.82, 2.24) is 14.5 Å². The van der Waals surface area contributed by atoms with E-state index in [0.29, 0.717) is 10.6 Å². The number of pyridine rings is 1. The lowest BCUT2D eigenvalue weighted by Crippen LogP contribution is -2.28. The molecule has 0 aliphatic carbocycles. The van der Waals surface area contributed by atoms with Crippen molar-refractivity contribution < 1.29 is 4.79 Å². The van der Waals surface area contributed by atoms with Crippen LogP contribution in [0.3, 0.4) is 0 Å². The first-order valence-corrected chi connectivity index (χ1v) is 12.9. The quantitative estimate of drug-likeness (QED) is 0.247. The molecular formula is C33H25ClN4O. The highest BCUT2D eigenvalue weighted by atomic mass is 35.5. The van der Waals surface area contributed by atoms with Crippen LogP contribution < -0.4 is 0 Å². The normalized spacial score (nSPS) is 14.6. The number of aryl methyl sites for hydroxylation is 1. The number of carbonyl (C=O) groups is 1. The predicted molar refractivity (Wildman–Crippen MR) is 161 cm³/mol. The molecule has 2 aliphatic heterocycles. The summed E-state index contributed by atoms with van der Waals surface area (Å²) in [5.74, 6) is 0.813. The number of nitrogens with zero attached hydrogens (tertiary/aromatic N) is 4. The third-order valence-corrected chi connectivity index (χ3v) is 7.71. The van der Waals surface area contributed by atoms with E-state index < -0.39 is 0 Å². The minimum absolute atomic E-state index is 0.619. The first-order chi connectivity index (χ1) is 18.9. The summed E-state index contributed by atoms with van der Waals surface area (Å²) in [5.41, 5.74) is 9.93. The van der Waals surface area contributed by atoms with Gasteiger partial charge in [0.15, 0.2) is 6.29 Å². The molecule has 0 saturated heterocycles. The minimum atomic E-state index is 0.619. The van der Waals surface area contributed by atoms with Crippen LogP contribution in [0.25, 0.3) is 39.0 Å². The van der Waals surface area contributed by atoms with Gasteiger partial charge in [0.1, 0.15) is 11.5 Å². The zero-order chi connectivity index (χ0) is 27.3. The van der Waals surface area contributed by atoms with E-state index in [2.05, 4.69) is 49.4 Å². The van der Waals surface area contributed by atoms with Gasteiger partial charge in [-0.05, 0) is 53.5 Å². The number of aromatic nitrogens is 2. The predicted octanol–water partition coefficient (Wildman–Crippen LogP) is 7.89. The van der Waals surface area contributed by atoms with Crippen molar-refractivity contribution in [3.05, 3.63) is 131 Å². The lowest BCUT2D eigenvalue weighted by atomic mass is 9.90. The summed E-state index contributed by atoms with van der Waals surface area (Å²) in [6.45, 7) is 10.1. The van der Waals surface area contributed by atoms with E-state index in [1.165, 1.54) is 0 Å². The standard InChI is InChI=1S/C33H25ClN4O/c1-5-22-17-35-31-16-23(14-15-38(31)21(22)3)25-8-6-9-26(20(25)2)28-10-7-11-29(32(28)34)30-13-12-27-24(19-39)18-37(4)33(27)36-30/h5-19H,1,3H2,2,4H3. The second-order valence-corrected chi connectivity index (χ2v) is 9.91. The summed E-state index contributed by atoms with van der Waals surface area (Å²) < 4.78 is 1.86. The summed E-state index contributed by atoms with van der Waals surface area (Å²) in [6.07, 6.45) is 12.3. The highest BCUT2D eigenvalue weighted by Gasteiger charge is 2.22. The van der Waals surface area contributed by atoms with Gasteiger partial charge >= 0.3 is 0 Å². The number of hydrogen-bond acceptors (Lipinski definition) is 4. The highest BCUT2D eigenvalue weighted by molar-refractivity contribution is 6.36. The van der Waals surface area contributed by atoms with Gasteiger partial charge in [-0.15, -0.1) is 0 Å². The average molecular weight is 529 g/mol. The van der Waals surface area contributed by atoms with E-state index in [0.717, 1.165) is 73.5 Å². The molecule has 4 heterocycles. The maximum Gasteiger partial charge on any atom is 0.152 e. The van der Waals surface area contributed by atoms with Crippen LogP contribution >= 0.6 is 11.6 Å². The Labute approximate surface area is 232 Å². The molecule has 0 fully saturated rings. The molecule has 2 aromatic carbocycles. The molecule has 0 radical (unpaired) electrons. The molecule has 0 N–H and O–H groups in total. The Bertz CT molecular complexity index is 1850. The lowest BCUT2D eigenvalue weighted by Gasteiger charge is -2.29. The van der Waals surface area contributed by atoms with Gasteiger partial charge in [0, 0.05) is 59.0 Å². The SMILES string of the molecule is C=CC1=CN=C2C=C(c3cccc(-c4cccc(-c5ccc6c(C=O)cn(C)c6n5)c4Cl)c3C)C=CN2C1=C. The van der Waals surface area contributed by atoms with E-state index >= 15 is 0 Å². The Kier molecular flexibility index (Phi) is 6.01. The second kappa shape index (κ2) is 9.53. The number of fused-ring (bicyclic) bond motifs is 2. The third-order valence-electron chi connectivity index (χ3n) is 7.30. The van der Waals surface area contributed by atoms with Crippen LogP contribution in [0, 0.1) is 6.92 Å². The van der Waals surface area contributed by atoms with Gasteiger partial charge in [0.2, 0.25) is 0 Å². The number of aliphatic imine (C=N–C) groups is 1. The number of halogens is 1. The topological polar surface area (TPSA) is 50.5 Å². The van der Waals surface area contributed by atoms with Crippen molar-refractivity contribution in [3.8, 4) is 22.4 Å². The number of hydrogen-bond donors (Lipinski definition) is 0. The fraction of sp³-hybridized carbons (Fsp3) is 0.0606. The molecule has 0 amide bonds. The Morgan fingerprint density at radius 3 is 2.51 bits per heavy atom. The summed E-state index contributed by atoms with van der Waals surface area (Å²) in [4.78, 5) is 22.9. The molecule has 0 spiro atoms. The number of rotatable bonds is 5. The van der Waals surface area contributed by atoms with Crippen LogP contribution in [0.15, 0.2) is 115 Å². The number of carbonyl (C=O) groups excluding carboxylic acids is 1. The highest BCUT2D eigenvalue weighted by Crippen LogP contribution is 2.40. The minimum Gasteiger partial charge on any atom is -0.335 e. The van der Waals surface area contributed by atoms with E-state index in [1.54, 1.807) is 18.5 Å². The van der Waals surface area contributed by atoms with Crippen LogP contribution in [-0.4, -0.2) is 26.6 Å². The maximum atomic E-state index is 11.4. The third kappa shape index (κ3) is 3.99. The van der Waals surface area contributed by atoms with Gasteiger partial charge in [-0.3, -0.25) is 4.79 Å². The zero-order valence-corrected chi connectivity index (χ0v) is 22.4. The first-order valence-electron chi connectivity index (χ1n) is 12.5. The van der Waals surface area contributed by atoms with Gasteiger partial charge in [-0.25, -0.2) is 9.98 Å². The van der Waals surface area contributed by atoms with E-state index in [1.807, 2.05) is 59.1 Å². The fourth-order valence-corrected chi connectivity index (χ4v) is 5.53. The van der Waals surface area contributed by atoms with Crippen LogP contribution in [0.1, 0.15) is 21.5 Å². The zero-order valence-electron chi connectivity index (χ0n) is 21.6. The molecule has 0 saturated carbocycles. The Morgan fingerprint density at radius 1 is 1.00 bits per heavy atom. The number of benzene rings is 2. The molecule has 2 aliphatic rings. The number of amidine groups is 1. The monoisotopic (exact) mass is 528 g/mol. The van der Waals surface area contributed by atoms with Gasteiger partial charge < -0.3 is 9.47 Å². The molecule has 6 rings (SSSR count). The Hall–Kier alpha value is -4.74. The second-order valence-electron chi connectivity index (χ2n) is 9.53. The largest absolute Gasteiger partial charge is 0.335 e. The van der Waals surface area contributed by atoms with Crippen LogP contribution in [0.2, 0.25) is 5.02 Å². The van der Waals surface area contributed by atoms with Gasteiger partial charge in [0.05, 0.1) is 10.7 Å².